The van der Waals surface area contributed by atoms with Gasteiger partial charge < -0.3 is 24.6 Å². The molecule has 2 heterocycles. The predicted molar refractivity (Wildman–Crippen MR) is 126 cm³/mol. The first-order chi connectivity index (χ1) is 16.0. The highest BCUT2D eigenvalue weighted by Crippen LogP contribution is 2.38. The average molecular weight is 455 g/mol. The van der Waals surface area contributed by atoms with E-state index in [0.29, 0.717) is 26.1 Å². The summed E-state index contributed by atoms with van der Waals surface area (Å²) in [6.07, 6.45) is 1.22. The van der Waals surface area contributed by atoms with Crippen LogP contribution in [0, 0.1) is 16.0 Å². The van der Waals surface area contributed by atoms with Crippen LogP contribution in [0.2, 0.25) is 0 Å². The number of non-ortho nitro benzene ring substituents is 1. The van der Waals surface area contributed by atoms with E-state index in [1.165, 1.54) is 0 Å². The van der Waals surface area contributed by atoms with Gasteiger partial charge in [0, 0.05) is 63.4 Å². The normalized spacial score (nSPS) is 19.5. The molecule has 2 aromatic rings. The van der Waals surface area contributed by atoms with Gasteiger partial charge in [0.2, 0.25) is 5.91 Å². The Hall–Kier alpha value is -3.33. The summed E-state index contributed by atoms with van der Waals surface area (Å²) < 4.78 is 10.4. The van der Waals surface area contributed by atoms with Crippen LogP contribution >= 0.6 is 0 Å². The number of nitrogens with zero attached hydrogens (tertiary/aromatic N) is 3. The van der Waals surface area contributed by atoms with Gasteiger partial charge in [0.25, 0.3) is 5.69 Å². The summed E-state index contributed by atoms with van der Waals surface area (Å²) in [5.41, 5.74) is 2.99. The van der Waals surface area contributed by atoms with E-state index in [1.54, 1.807) is 26.4 Å². The van der Waals surface area contributed by atoms with Gasteiger partial charge in [-0.2, -0.15) is 0 Å². The molecule has 2 unspecified atom stereocenters. The van der Waals surface area contributed by atoms with Crippen molar-refractivity contribution in [1.29, 1.82) is 0 Å². The van der Waals surface area contributed by atoms with Crippen molar-refractivity contribution in [1.82, 2.24) is 5.32 Å². The van der Waals surface area contributed by atoms with Gasteiger partial charge in [-0.15, -0.1) is 0 Å². The quantitative estimate of drug-likeness (QED) is 0.372. The molecule has 33 heavy (non-hydrogen) atoms. The zero-order valence-corrected chi connectivity index (χ0v) is 19.0. The van der Waals surface area contributed by atoms with Crippen LogP contribution in [-0.2, 0) is 16.0 Å². The third-order valence-electron chi connectivity index (χ3n) is 6.51. The van der Waals surface area contributed by atoms with Gasteiger partial charge in [-0.25, -0.2) is 0 Å². The van der Waals surface area contributed by atoms with Crippen LogP contribution in [0.15, 0.2) is 42.5 Å². The van der Waals surface area contributed by atoms with Crippen molar-refractivity contribution in [2.24, 2.45) is 5.92 Å². The maximum absolute atomic E-state index is 13.2. The number of nitro benzene ring substituents is 1. The summed E-state index contributed by atoms with van der Waals surface area (Å²) >= 11 is 0. The number of piperazine rings is 1. The minimum Gasteiger partial charge on any atom is -0.497 e. The third-order valence-corrected chi connectivity index (χ3v) is 6.51. The molecule has 2 atom stereocenters. The summed E-state index contributed by atoms with van der Waals surface area (Å²) in [6, 6.07) is 12.9. The summed E-state index contributed by atoms with van der Waals surface area (Å²) in [6.45, 7) is 3.34. The van der Waals surface area contributed by atoms with Gasteiger partial charge >= 0.3 is 0 Å². The van der Waals surface area contributed by atoms with Gasteiger partial charge in [-0.05, 0) is 48.7 Å². The lowest BCUT2D eigenvalue weighted by Gasteiger charge is -2.49. The Labute approximate surface area is 193 Å². The minimum absolute atomic E-state index is 0.0187. The van der Waals surface area contributed by atoms with Gasteiger partial charge in [-0.3, -0.25) is 14.9 Å². The molecule has 0 radical (unpaired) electrons. The van der Waals surface area contributed by atoms with Crippen molar-refractivity contribution in [3.63, 3.8) is 0 Å². The molecule has 1 N–H and O–H groups in total. The Balaban J connectivity index is 1.59. The molecule has 0 aliphatic carbocycles. The number of ether oxygens (including phenoxy) is 2. The van der Waals surface area contributed by atoms with E-state index in [0.717, 1.165) is 42.2 Å². The second-order valence-corrected chi connectivity index (χ2v) is 8.42. The average Bonchev–Trinajstić information content (AvgIpc) is 2.85. The number of rotatable bonds is 8. The molecule has 176 valence electrons. The summed E-state index contributed by atoms with van der Waals surface area (Å²) in [5, 5.41) is 14.4. The largest absolute Gasteiger partial charge is 0.497 e. The van der Waals surface area contributed by atoms with E-state index < -0.39 is 0 Å². The lowest BCUT2D eigenvalue weighted by atomic mass is 9.83. The van der Waals surface area contributed by atoms with Gasteiger partial charge in [0.15, 0.2) is 0 Å². The van der Waals surface area contributed by atoms with E-state index in [9.17, 15) is 14.9 Å². The molecular formula is C24H30N4O5. The molecule has 0 saturated carbocycles. The number of amides is 1. The first-order valence-electron chi connectivity index (χ1n) is 11.2. The Kier molecular flexibility index (Phi) is 6.98. The van der Waals surface area contributed by atoms with Gasteiger partial charge in [-0.1, -0.05) is 0 Å². The van der Waals surface area contributed by atoms with Crippen molar-refractivity contribution in [3.05, 3.63) is 58.1 Å². The summed E-state index contributed by atoms with van der Waals surface area (Å²) in [7, 11) is 3.29. The van der Waals surface area contributed by atoms with Crippen LogP contribution in [0.4, 0.5) is 17.1 Å². The molecule has 1 fully saturated rings. The molecule has 9 nitrogen and oxygen atoms in total. The minimum atomic E-state index is -0.381. The van der Waals surface area contributed by atoms with Crippen LogP contribution in [0.25, 0.3) is 0 Å². The van der Waals surface area contributed by atoms with E-state index >= 15 is 0 Å². The maximum Gasteiger partial charge on any atom is 0.269 e. The fourth-order valence-electron chi connectivity index (χ4n) is 4.81. The first-order valence-corrected chi connectivity index (χ1v) is 11.2. The Morgan fingerprint density at radius 1 is 1.18 bits per heavy atom. The lowest BCUT2D eigenvalue weighted by molar-refractivity contribution is -0.384. The maximum atomic E-state index is 13.2. The molecule has 2 aliphatic rings. The van der Waals surface area contributed by atoms with E-state index in [-0.39, 0.29) is 28.5 Å². The fraction of sp³-hybridized carbons (Fsp3) is 0.458. The molecule has 0 spiro atoms. The van der Waals surface area contributed by atoms with Crippen LogP contribution in [0.5, 0.6) is 5.75 Å². The lowest BCUT2D eigenvalue weighted by Crippen LogP contribution is -2.61. The third kappa shape index (κ3) is 4.88. The standard InChI is InChI=1S/C24H30N4O5/c1-32-13-3-10-25-24(29)21-15-17-14-19(28(30)31)6-9-22(17)27-12-11-26(16-23(21)27)18-4-7-20(33-2)8-5-18/h4-9,14,21,23H,3,10-13,15-16H2,1-2H3,(H,25,29). The van der Waals surface area contributed by atoms with Crippen LogP contribution in [0.3, 0.4) is 0 Å². The number of carbonyl (C=O) groups is 1. The van der Waals surface area contributed by atoms with Gasteiger partial charge in [0.05, 0.1) is 24.0 Å². The summed E-state index contributed by atoms with van der Waals surface area (Å²) in [5.74, 6) is 0.483. The van der Waals surface area contributed by atoms with Crippen molar-refractivity contribution in [2.45, 2.75) is 18.9 Å². The predicted octanol–water partition coefficient (Wildman–Crippen LogP) is 2.62. The van der Waals surface area contributed by atoms with Crippen LogP contribution in [-0.4, -0.2) is 63.9 Å². The number of carbonyl (C=O) groups excluding carboxylic acids is 1. The fourth-order valence-corrected chi connectivity index (χ4v) is 4.81. The van der Waals surface area contributed by atoms with Crippen LogP contribution < -0.4 is 19.9 Å². The highest BCUT2D eigenvalue weighted by atomic mass is 16.6. The number of methoxy groups -OCH3 is 2. The van der Waals surface area contributed by atoms with E-state index in [1.807, 2.05) is 30.3 Å². The highest BCUT2D eigenvalue weighted by Gasteiger charge is 2.42. The number of fused-ring (bicyclic) bond motifs is 3. The number of hydrogen-bond donors (Lipinski definition) is 1. The second kappa shape index (κ2) is 10.1. The van der Waals surface area contributed by atoms with Crippen molar-refractivity contribution >= 4 is 23.0 Å². The molecule has 2 aliphatic heterocycles. The second-order valence-electron chi connectivity index (χ2n) is 8.42. The van der Waals surface area contributed by atoms with Gasteiger partial charge in [0.1, 0.15) is 5.75 Å². The van der Waals surface area contributed by atoms with Crippen LogP contribution in [0.1, 0.15) is 12.0 Å². The number of nitrogens with one attached hydrogen (secondary N) is 1. The molecule has 2 aromatic carbocycles. The van der Waals surface area contributed by atoms with Crippen molar-refractivity contribution in [2.75, 3.05) is 56.8 Å². The number of nitro groups is 1. The van der Waals surface area contributed by atoms with E-state index in [4.69, 9.17) is 9.47 Å². The molecule has 9 heteroatoms. The molecule has 4 rings (SSSR count). The number of hydrogen-bond acceptors (Lipinski definition) is 7. The summed E-state index contributed by atoms with van der Waals surface area (Å²) in [4.78, 5) is 28.7. The molecule has 1 amide bonds. The SMILES string of the molecule is COCCCNC(=O)C1Cc2cc([N+](=O)[O-])ccc2N2CCN(c3ccc(OC)cc3)CC12. The molecule has 1 saturated heterocycles. The van der Waals surface area contributed by atoms with E-state index in [2.05, 4.69) is 15.1 Å². The number of benzene rings is 2. The monoisotopic (exact) mass is 454 g/mol. The first kappa shape index (κ1) is 22.8. The van der Waals surface area contributed by atoms with Crippen molar-refractivity contribution in [3.8, 4) is 5.75 Å². The smallest absolute Gasteiger partial charge is 0.269 e. The van der Waals surface area contributed by atoms with Crippen molar-refractivity contribution < 1.29 is 19.2 Å². The molecule has 0 bridgehead atoms. The molecule has 0 aromatic heterocycles. The zero-order valence-electron chi connectivity index (χ0n) is 19.0. The molecular weight excluding hydrogens is 424 g/mol. The number of anilines is 2. The Bertz CT molecular complexity index is 997. The topological polar surface area (TPSA) is 97.2 Å². The zero-order chi connectivity index (χ0) is 23.4. The Morgan fingerprint density at radius 3 is 2.67 bits per heavy atom. The Morgan fingerprint density at radius 2 is 1.97 bits per heavy atom. The highest BCUT2D eigenvalue weighted by molar-refractivity contribution is 5.82.